The predicted octanol–water partition coefficient (Wildman–Crippen LogP) is 1.90. The molecular formula is C20H23N3O5. The third-order valence-electron chi connectivity index (χ3n) is 3.93. The topological polar surface area (TPSA) is 98.2 Å². The molecule has 2 N–H and O–H groups in total. The first-order chi connectivity index (χ1) is 13.5. The van der Waals surface area contributed by atoms with Crippen LogP contribution in [0.4, 0.5) is 0 Å². The molecule has 0 aliphatic heterocycles. The number of hydrogen-bond donors (Lipinski definition) is 2. The van der Waals surface area contributed by atoms with Crippen molar-refractivity contribution in [3.05, 3.63) is 53.1 Å². The molecule has 2 amide bonds. The van der Waals surface area contributed by atoms with Gasteiger partial charge in [0.25, 0.3) is 11.8 Å². The second kappa shape index (κ2) is 9.96. The molecule has 8 heteroatoms. The number of rotatable bonds is 8. The zero-order valence-corrected chi connectivity index (χ0v) is 16.2. The minimum atomic E-state index is -0.461. The molecule has 28 heavy (non-hydrogen) atoms. The molecule has 0 heterocycles. The molecule has 0 bridgehead atoms. The lowest BCUT2D eigenvalue weighted by molar-refractivity contribution is -0.120. The average Bonchev–Trinajstić information content (AvgIpc) is 2.71. The highest BCUT2D eigenvalue weighted by Gasteiger charge is 2.15. The molecule has 0 fully saturated rings. The second-order valence-corrected chi connectivity index (χ2v) is 5.71. The lowest BCUT2D eigenvalue weighted by Gasteiger charge is -2.13. The second-order valence-electron chi connectivity index (χ2n) is 5.71. The van der Waals surface area contributed by atoms with E-state index >= 15 is 0 Å². The van der Waals surface area contributed by atoms with E-state index in [-0.39, 0.29) is 12.5 Å². The Morgan fingerprint density at radius 2 is 1.71 bits per heavy atom. The first-order valence-corrected chi connectivity index (χ1v) is 8.46. The molecule has 0 aliphatic carbocycles. The lowest BCUT2D eigenvalue weighted by atomic mass is 10.1. The van der Waals surface area contributed by atoms with Gasteiger partial charge >= 0.3 is 0 Å². The summed E-state index contributed by atoms with van der Waals surface area (Å²) in [6, 6.07) is 10.6. The van der Waals surface area contributed by atoms with Gasteiger partial charge in [-0.05, 0) is 30.7 Å². The number of carbonyl (C=O) groups is 2. The van der Waals surface area contributed by atoms with E-state index in [0.717, 1.165) is 5.56 Å². The highest BCUT2D eigenvalue weighted by Crippen LogP contribution is 2.38. The highest BCUT2D eigenvalue weighted by atomic mass is 16.5. The van der Waals surface area contributed by atoms with Gasteiger partial charge in [0.2, 0.25) is 5.75 Å². The van der Waals surface area contributed by atoms with E-state index in [1.807, 2.05) is 19.1 Å². The van der Waals surface area contributed by atoms with Crippen molar-refractivity contribution in [2.45, 2.75) is 6.92 Å². The number of methoxy groups -OCH3 is 3. The summed E-state index contributed by atoms with van der Waals surface area (Å²) in [5, 5.41) is 6.46. The molecule has 0 aromatic heterocycles. The molecule has 0 radical (unpaired) electrons. The molecule has 0 saturated carbocycles. The fourth-order valence-electron chi connectivity index (χ4n) is 2.52. The van der Waals surface area contributed by atoms with Crippen molar-refractivity contribution in [3.8, 4) is 17.2 Å². The van der Waals surface area contributed by atoms with Crippen molar-refractivity contribution in [1.29, 1.82) is 0 Å². The number of aryl methyl sites for hydroxylation is 1. The van der Waals surface area contributed by atoms with Crippen LogP contribution < -0.4 is 25.0 Å². The zero-order valence-electron chi connectivity index (χ0n) is 16.2. The summed E-state index contributed by atoms with van der Waals surface area (Å²) in [5.74, 6) is 0.578. The van der Waals surface area contributed by atoms with Crippen LogP contribution >= 0.6 is 0 Å². The van der Waals surface area contributed by atoms with Crippen LogP contribution in [-0.2, 0) is 4.79 Å². The monoisotopic (exact) mass is 385 g/mol. The first-order valence-electron chi connectivity index (χ1n) is 8.46. The Kier molecular flexibility index (Phi) is 7.38. The lowest BCUT2D eigenvalue weighted by Crippen LogP contribution is -2.35. The summed E-state index contributed by atoms with van der Waals surface area (Å²) in [6.45, 7) is 1.63. The molecule has 0 aliphatic rings. The SMILES string of the molecule is COc1ccc(C=NNC(=O)CNC(=O)c2ccccc2C)c(OC)c1OC. The van der Waals surface area contributed by atoms with E-state index in [9.17, 15) is 9.59 Å². The van der Waals surface area contributed by atoms with Crippen molar-refractivity contribution < 1.29 is 23.8 Å². The van der Waals surface area contributed by atoms with Crippen molar-refractivity contribution in [2.75, 3.05) is 27.9 Å². The van der Waals surface area contributed by atoms with Gasteiger partial charge in [-0.25, -0.2) is 5.43 Å². The van der Waals surface area contributed by atoms with Crippen LogP contribution in [0.2, 0.25) is 0 Å². The van der Waals surface area contributed by atoms with Gasteiger partial charge in [0.05, 0.1) is 34.1 Å². The smallest absolute Gasteiger partial charge is 0.259 e. The number of nitrogens with zero attached hydrogens (tertiary/aromatic N) is 1. The third-order valence-corrected chi connectivity index (χ3v) is 3.93. The maximum absolute atomic E-state index is 12.1. The molecule has 2 aromatic carbocycles. The fraction of sp³-hybridized carbons (Fsp3) is 0.250. The Morgan fingerprint density at radius 3 is 2.36 bits per heavy atom. The third kappa shape index (κ3) is 5.00. The summed E-state index contributed by atoms with van der Waals surface area (Å²) < 4.78 is 15.9. The van der Waals surface area contributed by atoms with Gasteiger partial charge in [0.15, 0.2) is 11.5 Å². The summed E-state index contributed by atoms with van der Waals surface area (Å²) in [4.78, 5) is 24.0. The molecular weight excluding hydrogens is 362 g/mol. The predicted molar refractivity (Wildman–Crippen MR) is 105 cm³/mol. The molecule has 0 unspecified atom stereocenters. The van der Waals surface area contributed by atoms with E-state index < -0.39 is 5.91 Å². The maximum atomic E-state index is 12.1. The largest absolute Gasteiger partial charge is 0.493 e. The van der Waals surface area contributed by atoms with Crippen LogP contribution in [0.15, 0.2) is 41.5 Å². The Morgan fingerprint density at radius 1 is 1.00 bits per heavy atom. The van der Waals surface area contributed by atoms with Crippen molar-refractivity contribution in [2.24, 2.45) is 5.10 Å². The van der Waals surface area contributed by atoms with Crippen LogP contribution in [0.5, 0.6) is 17.2 Å². The first kappa shape index (κ1) is 20.8. The van der Waals surface area contributed by atoms with E-state index in [0.29, 0.717) is 28.4 Å². The van der Waals surface area contributed by atoms with Crippen LogP contribution in [0.3, 0.4) is 0 Å². The van der Waals surface area contributed by atoms with Gasteiger partial charge in [-0.15, -0.1) is 0 Å². The number of amides is 2. The standard InChI is InChI=1S/C20H23N3O5/c1-13-7-5-6-8-15(13)20(25)21-12-17(24)23-22-11-14-9-10-16(26-2)19(28-4)18(14)27-3/h5-11H,12H2,1-4H3,(H,21,25)(H,23,24). The Labute approximate surface area is 163 Å². The summed E-state index contributed by atoms with van der Waals surface area (Å²) in [6.07, 6.45) is 1.42. The van der Waals surface area contributed by atoms with Crippen LogP contribution in [-0.4, -0.2) is 45.9 Å². The number of carbonyl (C=O) groups excluding carboxylic acids is 2. The molecule has 148 valence electrons. The summed E-state index contributed by atoms with van der Waals surface area (Å²) in [5.41, 5.74) is 4.30. The zero-order chi connectivity index (χ0) is 20.5. The van der Waals surface area contributed by atoms with E-state index in [4.69, 9.17) is 14.2 Å². The summed E-state index contributed by atoms with van der Waals surface area (Å²) >= 11 is 0. The fourth-order valence-corrected chi connectivity index (χ4v) is 2.52. The molecule has 8 nitrogen and oxygen atoms in total. The molecule has 0 atom stereocenters. The number of nitrogens with one attached hydrogen (secondary N) is 2. The van der Waals surface area contributed by atoms with Crippen molar-refractivity contribution in [1.82, 2.24) is 10.7 Å². The van der Waals surface area contributed by atoms with Crippen LogP contribution in [0, 0.1) is 6.92 Å². The highest BCUT2D eigenvalue weighted by molar-refractivity contribution is 5.97. The van der Waals surface area contributed by atoms with Crippen LogP contribution in [0.25, 0.3) is 0 Å². The van der Waals surface area contributed by atoms with Crippen molar-refractivity contribution in [3.63, 3.8) is 0 Å². The minimum Gasteiger partial charge on any atom is -0.493 e. The molecule has 2 rings (SSSR count). The van der Waals surface area contributed by atoms with Gasteiger partial charge in [-0.1, -0.05) is 18.2 Å². The minimum absolute atomic E-state index is 0.201. The number of ether oxygens (including phenoxy) is 3. The number of benzene rings is 2. The number of hydrazone groups is 1. The molecule has 0 spiro atoms. The maximum Gasteiger partial charge on any atom is 0.259 e. The Bertz CT molecular complexity index is 880. The normalized spacial score (nSPS) is 10.4. The van der Waals surface area contributed by atoms with Gasteiger partial charge in [0.1, 0.15) is 0 Å². The van der Waals surface area contributed by atoms with Gasteiger partial charge in [0, 0.05) is 11.1 Å². The summed E-state index contributed by atoms with van der Waals surface area (Å²) in [7, 11) is 4.52. The average molecular weight is 385 g/mol. The van der Waals surface area contributed by atoms with E-state index in [1.165, 1.54) is 27.5 Å². The Hall–Kier alpha value is -3.55. The van der Waals surface area contributed by atoms with Crippen LogP contribution in [0.1, 0.15) is 21.5 Å². The van der Waals surface area contributed by atoms with E-state index in [1.54, 1.807) is 24.3 Å². The van der Waals surface area contributed by atoms with Gasteiger partial charge in [-0.2, -0.15) is 5.10 Å². The number of hydrogen-bond acceptors (Lipinski definition) is 6. The Balaban J connectivity index is 1.96. The van der Waals surface area contributed by atoms with Crippen molar-refractivity contribution >= 4 is 18.0 Å². The molecule has 2 aromatic rings. The quantitative estimate of drug-likeness (QED) is 0.534. The van der Waals surface area contributed by atoms with E-state index in [2.05, 4.69) is 15.8 Å². The molecule has 0 saturated heterocycles. The van der Waals surface area contributed by atoms with Gasteiger partial charge < -0.3 is 19.5 Å². The van der Waals surface area contributed by atoms with Gasteiger partial charge in [-0.3, -0.25) is 9.59 Å².